The maximum atomic E-state index is 10.8. The van der Waals surface area contributed by atoms with Crippen molar-refractivity contribution in [3.05, 3.63) is 23.8 Å². The van der Waals surface area contributed by atoms with Crippen molar-refractivity contribution in [1.82, 2.24) is 0 Å². The summed E-state index contributed by atoms with van der Waals surface area (Å²) in [5, 5.41) is 48.1. The highest BCUT2D eigenvalue weighted by atomic mass is 32.3. The molecule has 1 aliphatic rings. The summed E-state index contributed by atoms with van der Waals surface area (Å²) in [4.78, 5) is 10.8. The van der Waals surface area contributed by atoms with Gasteiger partial charge in [-0.25, -0.2) is 8.98 Å². The van der Waals surface area contributed by atoms with Gasteiger partial charge in [-0.2, -0.15) is 8.42 Å². The van der Waals surface area contributed by atoms with Crippen molar-refractivity contribution >= 4 is 16.4 Å². The van der Waals surface area contributed by atoms with Gasteiger partial charge in [0.15, 0.2) is 11.5 Å². The van der Waals surface area contributed by atoms with E-state index in [0.29, 0.717) is 0 Å². The Bertz CT molecular complexity index is 762. The van der Waals surface area contributed by atoms with E-state index in [9.17, 15) is 33.6 Å². The van der Waals surface area contributed by atoms with Crippen LogP contribution in [-0.2, 0) is 19.3 Å². The van der Waals surface area contributed by atoms with E-state index in [4.69, 9.17) is 19.1 Å². The number of carboxylic acids is 1. The van der Waals surface area contributed by atoms with E-state index in [1.54, 1.807) is 0 Å². The zero-order valence-electron chi connectivity index (χ0n) is 12.9. The van der Waals surface area contributed by atoms with Gasteiger partial charge in [0.05, 0.1) is 12.2 Å². The van der Waals surface area contributed by atoms with E-state index in [-0.39, 0.29) is 11.3 Å². The van der Waals surface area contributed by atoms with E-state index in [0.717, 1.165) is 18.2 Å². The van der Waals surface area contributed by atoms with E-state index in [1.165, 1.54) is 0 Å². The van der Waals surface area contributed by atoms with Gasteiger partial charge in [-0.05, 0) is 18.2 Å². The Kier molecular flexibility index (Phi) is 6.02. The number of hydrogen-bond donors (Lipinski definition) is 6. The number of aromatic carboxylic acids is 1. The minimum atomic E-state index is -4.85. The summed E-state index contributed by atoms with van der Waals surface area (Å²) < 4.78 is 44.1. The Hall–Kier alpha value is -2.00. The average Bonchev–Trinajstić information content (AvgIpc) is 2.54. The first-order valence-corrected chi connectivity index (χ1v) is 8.40. The van der Waals surface area contributed by atoms with Crippen LogP contribution in [0.3, 0.4) is 0 Å². The molecule has 26 heavy (non-hydrogen) atoms. The van der Waals surface area contributed by atoms with Crippen molar-refractivity contribution in [1.29, 1.82) is 0 Å². The Morgan fingerprint density at radius 2 is 1.81 bits per heavy atom. The third-order valence-electron chi connectivity index (χ3n) is 3.50. The molecule has 5 unspecified atom stereocenters. The lowest BCUT2D eigenvalue weighted by Crippen LogP contribution is -2.60. The van der Waals surface area contributed by atoms with Crippen molar-refractivity contribution in [3.8, 4) is 11.5 Å². The second kappa shape index (κ2) is 7.71. The summed E-state index contributed by atoms with van der Waals surface area (Å²) in [5.74, 6) is -2.22. The summed E-state index contributed by atoms with van der Waals surface area (Å²) in [6.45, 7) is -0.895. The first kappa shape index (κ1) is 20.3. The highest BCUT2D eigenvalue weighted by Crippen LogP contribution is 2.31. The van der Waals surface area contributed by atoms with Crippen LogP contribution < -0.4 is 4.74 Å². The maximum absolute atomic E-state index is 10.8. The number of aliphatic hydroxyl groups excluding tert-OH is 3. The van der Waals surface area contributed by atoms with Crippen LogP contribution in [0.15, 0.2) is 18.2 Å². The molecule has 1 saturated heterocycles. The summed E-state index contributed by atoms with van der Waals surface area (Å²) in [6, 6.07) is 3.03. The van der Waals surface area contributed by atoms with Gasteiger partial charge in [-0.15, -0.1) is 0 Å². The van der Waals surface area contributed by atoms with E-state index in [2.05, 4.69) is 4.18 Å². The van der Waals surface area contributed by atoms with Crippen LogP contribution in [0.1, 0.15) is 10.4 Å². The van der Waals surface area contributed by atoms with Gasteiger partial charge in [-0.1, -0.05) is 0 Å². The molecule has 1 heterocycles. The van der Waals surface area contributed by atoms with Crippen molar-refractivity contribution in [2.45, 2.75) is 30.7 Å². The number of hydrogen-bond acceptors (Lipinski definition) is 10. The van der Waals surface area contributed by atoms with E-state index in [1.807, 2.05) is 0 Å². The molecule has 6 N–H and O–H groups in total. The Morgan fingerprint density at radius 1 is 1.15 bits per heavy atom. The molecule has 5 atom stereocenters. The molecule has 12 nitrogen and oxygen atoms in total. The molecule has 1 aliphatic heterocycles. The van der Waals surface area contributed by atoms with Gasteiger partial charge in [-0.3, -0.25) is 4.55 Å². The lowest BCUT2D eigenvalue weighted by atomic mass is 9.99. The van der Waals surface area contributed by atoms with Crippen LogP contribution in [-0.4, -0.2) is 81.8 Å². The minimum absolute atomic E-state index is 0.241. The van der Waals surface area contributed by atoms with Gasteiger partial charge in [0.25, 0.3) is 0 Å². The summed E-state index contributed by atoms with van der Waals surface area (Å²) in [5.41, 5.74) is -0.241. The number of aliphatic hydroxyl groups is 3. The predicted molar refractivity (Wildman–Crippen MR) is 79.9 cm³/mol. The first-order valence-electron chi connectivity index (χ1n) is 7.04. The van der Waals surface area contributed by atoms with Crippen LogP contribution in [0.2, 0.25) is 0 Å². The van der Waals surface area contributed by atoms with Crippen molar-refractivity contribution in [2.75, 3.05) is 6.61 Å². The van der Waals surface area contributed by atoms with Gasteiger partial charge in [0.1, 0.15) is 24.4 Å². The molecular weight excluding hydrogens is 380 g/mol. The number of phenols is 1. The van der Waals surface area contributed by atoms with Crippen molar-refractivity contribution in [2.24, 2.45) is 0 Å². The van der Waals surface area contributed by atoms with Crippen LogP contribution >= 0.6 is 0 Å². The molecule has 0 bridgehead atoms. The molecular formula is C13H16O12S. The monoisotopic (exact) mass is 396 g/mol. The third-order valence-corrected chi connectivity index (χ3v) is 3.93. The fourth-order valence-electron chi connectivity index (χ4n) is 2.18. The minimum Gasteiger partial charge on any atom is -0.504 e. The topological polar surface area (TPSA) is 200 Å². The molecule has 0 saturated carbocycles. The van der Waals surface area contributed by atoms with Crippen molar-refractivity contribution < 1.29 is 57.0 Å². The largest absolute Gasteiger partial charge is 0.504 e. The van der Waals surface area contributed by atoms with E-state index >= 15 is 0 Å². The number of ether oxygens (including phenoxy) is 2. The quantitative estimate of drug-likeness (QED) is 0.292. The van der Waals surface area contributed by atoms with Crippen LogP contribution in [0.25, 0.3) is 0 Å². The lowest BCUT2D eigenvalue weighted by Gasteiger charge is -2.39. The summed E-state index contributed by atoms with van der Waals surface area (Å²) >= 11 is 0. The maximum Gasteiger partial charge on any atom is 0.397 e. The third kappa shape index (κ3) is 4.79. The normalized spacial score (nSPS) is 29.3. The fourth-order valence-corrected chi connectivity index (χ4v) is 2.49. The average molecular weight is 396 g/mol. The van der Waals surface area contributed by atoms with Crippen LogP contribution in [0.4, 0.5) is 0 Å². The Balaban J connectivity index is 2.15. The van der Waals surface area contributed by atoms with E-state index < -0.39 is 59.4 Å². The number of aromatic hydroxyl groups is 1. The molecule has 2 rings (SSSR count). The zero-order valence-corrected chi connectivity index (χ0v) is 13.7. The standard InChI is InChI=1S/C13H16O12S/c14-6-3-5(12(18)19)1-2-7(6)24-13-11(17)10(16)9(15)8(25-13)4-23-26(20,21)22/h1-3,8-11,13-17H,4H2,(H,18,19)(H,20,21,22). The summed E-state index contributed by atoms with van der Waals surface area (Å²) in [6.07, 6.45) is -8.59. The first-order chi connectivity index (χ1) is 12.0. The Morgan fingerprint density at radius 3 is 2.35 bits per heavy atom. The SMILES string of the molecule is O=C(O)c1ccc(OC2OC(COS(=O)(=O)O)C(O)C(O)C2O)c(O)c1. The second-order valence-electron chi connectivity index (χ2n) is 5.33. The highest BCUT2D eigenvalue weighted by molar-refractivity contribution is 7.80. The van der Waals surface area contributed by atoms with Gasteiger partial charge >= 0.3 is 16.4 Å². The number of carbonyl (C=O) groups is 1. The summed E-state index contributed by atoms with van der Waals surface area (Å²) in [7, 11) is -4.85. The zero-order chi connectivity index (χ0) is 19.6. The number of phenolic OH excluding ortho intramolecular Hbond substituents is 1. The lowest BCUT2D eigenvalue weighted by molar-refractivity contribution is -0.276. The molecule has 1 aromatic carbocycles. The molecule has 1 aromatic rings. The molecule has 146 valence electrons. The number of carboxylic acid groups (broad SMARTS) is 1. The molecule has 0 spiro atoms. The Labute approximate surface area is 146 Å². The molecule has 1 fully saturated rings. The molecule has 0 amide bonds. The highest BCUT2D eigenvalue weighted by Gasteiger charge is 2.45. The molecule has 0 aromatic heterocycles. The second-order valence-corrected chi connectivity index (χ2v) is 6.42. The molecule has 13 heteroatoms. The fraction of sp³-hybridized carbons (Fsp3) is 0.462. The van der Waals surface area contributed by atoms with Crippen molar-refractivity contribution in [3.63, 3.8) is 0 Å². The van der Waals surface area contributed by atoms with Gasteiger partial charge < -0.3 is 35.0 Å². The smallest absolute Gasteiger partial charge is 0.397 e. The number of benzene rings is 1. The molecule has 0 radical (unpaired) electrons. The molecule has 0 aliphatic carbocycles. The van der Waals surface area contributed by atoms with Crippen LogP contribution in [0, 0.1) is 0 Å². The van der Waals surface area contributed by atoms with Gasteiger partial charge in [0, 0.05) is 0 Å². The van der Waals surface area contributed by atoms with Crippen LogP contribution in [0.5, 0.6) is 11.5 Å². The number of rotatable bonds is 6. The predicted octanol–water partition coefficient (Wildman–Crippen LogP) is -1.90. The van der Waals surface area contributed by atoms with Gasteiger partial charge in [0.2, 0.25) is 6.29 Å².